The van der Waals surface area contributed by atoms with E-state index in [4.69, 9.17) is 4.52 Å². The van der Waals surface area contributed by atoms with Crippen molar-refractivity contribution in [3.63, 3.8) is 0 Å². The van der Waals surface area contributed by atoms with E-state index >= 15 is 0 Å². The Balaban J connectivity index is 1.65. The Hall–Kier alpha value is -2.64. The van der Waals surface area contributed by atoms with Crippen molar-refractivity contribution in [1.29, 1.82) is 0 Å². The van der Waals surface area contributed by atoms with Gasteiger partial charge in [-0.15, -0.1) is 0 Å². The normalized spacial score (nSPS) is 19.4. The molecule has 2 aliphatic rings. The zero-order valence-corrected chi connectivity index (χ0v) is 16.5. The molecule has 2 amide bonds. The summed E-state index contributed by atoms with van der Waals surface area (Å²) in [6.45, 7) is 5.36. The SMILES string of the molecule is CCC1CCCCN1C(=O)c1nc(C(=O)Nc2cc(C)on2)n2c1CCCC2. The highest BCUT2D eigenvalue weighted by atomic mass is 16.5. The summed E-state index contributed by atoms with van der Waals surface area (Å²) < 4.78 is 6.91. The van der Waals surface area contributed by atoms with Gasteiger partial charge in [-0.25, -0.2) is 4.98 Å². The van der Waals surface area contributed by atoms with Crippen molar-refractivity contribution < 1.29 is 14.1 Å². The highest BCUT2D eigenvalue weighted by molar-refractivity contribution is 6.03. The maximum atomic E-state index is 13.3. The fourth-order valence-corrected chi connectivity index (χ4v) is 4.31. The Kier molecular flexibility index (Phi) is 5.19. The first-order chi connectivity index (χ1) is 13.6. The van der Waals surface area contributed by atoms with Crippen LogP contribution in [0.3, 0.4) is 0 Å². The van der Waals surface area contributed by atoms with Crippen LogP contribution in [0.5, 0.6) is 0 Å². The lowest BCUT2D eigenvalue weighted by Gasteiger charge is -2.35. The summed E-state index contributed by atoms with van der Waals surface area (Å²) in [6, 6.07) is 1.92. The molecule has 1 N–H and O–H groups in total. The minimum atomic E-state index is -0.360. The fraction of sp³-hybridized carbons (Fsp3) is 0.600. The number of rotatable bonds is 4. The monoisotopic (exact) mass is 385 g/mol. The van der Waals surface area contributed by atoms with Crippen molar-refractivity contribution in [3.8, 4) is 0 Å². The number of imidazole rings is 1. The van der Waals surface area contributed by atoms with Gasteiger partial charge in [-0.1, -0.05) is 12.1 Å². The number of aryl methyl sites for hydroxylation is 1. The van der Waals surface area contributed by atoms with Crippen LogP contribution in [0.2, 0.25) is 0 Å². The van der Waals surface area contributed by atoms with Crippen LogP contribution in [-0.4, -0.2) is 44.0 Å². The Labute approximate surface area is 164 Å². The number of carbonyl (C=O) groups is 2. The number of hydrogen-bond donors (Lipinski definition) is 1. The van der Waals surface area contributed by atoms with Gasteiger partial charge in [0.2, 0.25) is 0 Å². The van der Waals surface area contributed by atoms with Crippen LogP contribution < -0.4 is 5.32 Å². The van der Waals surface area contributed by atoms with Gasteiger partial charge in [0.15, 0.2) is 11.6 Å². The molecule has 0 saturated carbocycles. The Morgan fingerprint density at radius 3 is 2.82 bits per heavy atom. The molecular weight excluding hydrogens is 358 g/mol. The molecule has 1 atom stereocenters. The van der Waals surface area contributed by atoms with E-state index in [9.17, 15) is 9.59 Å². The number of piperidine rings is 1. The molecule has 28 heavy (non-hydrogen) atoms. The van der Waals surface area contributed by atoms with Gasteiger partial charge in [0.25, 0.3) is 11.8 Å². The quantitative estimate of drug-likeness (QED) is 0.872. The summed E-state index contributed by atoms with van der Waals surface area (Å²) in [6.07, 6.45) is 6.92. The van der Waals surface area contributed by atoms with Crippen LogP contribution in [0.4, 0.5) is 5.82 Å². The van der Waals surface area contributed by atoms with Crippen LogP contribution in [0, 0.1) is 6.92 Å². The van der Waals surface area contributed by atoms with Crippen molar-refractivity contribution in [2.75, 3.05) is 11.9 Å². The number of aromatic nitrogens is 3. The molecule has 2 aromatic heterocycles. The molecular formula is C20H27N5O3. The fourth-order valence-electron chi connectivity index (χ4n) is 4.31. The number of carbonyl (C=O) groups excluding carboxylic acids is 2. The third-order valence-corrected chi connectivity index (χ3v) is 5.75. The molecule has 0 bridgehead atoms. The summed E-state index contributed by atoms with van der Waals surface area (Å²) in [5, 5.41) is 6.54. The number of fused-ring (bicyclic) bond motifs is 1. The number of hydrogen-bond acceptors (Lipinski definition) is 5. The molecule has 0 spiro atoms. The Bertz CT molecular complexity index is 885. The van der Waals surface area contributed by atoms with Crippen molar-refractivity contribution >= 4 is 17.6 Å². The second kappa shape index (κ2) is 7.77. The van der Waals surface area contributed by atoms with E-state index in [1.54, 1.807) is 13.0 Å². The molecule has 0 aliphatic carbocycles. The summed E-state index contributed by atoms with van der Waals surface area (Å²) >= 11 is 0. The van der Waals surface area contributed by atoms with Gasteiger partial charge in [-0.05, 0) is 51.9 Å². The van der Waals surface area contributed by atoms with Crippen molar-refractivity contribution in [2.45, 2.75) is 71.4 Å². The molecule has 8 nitrogen and oxygen atoms in total. The van der Waals surface area contributed by atoms with E-state index < -0.39 is 0 Å². The van der Waals surface area contributed by atoms with Crippen molar-refractivity contribution in [2.24, 2.45) is 0 Å². The van der Waals surface area contributed by atoms with Gasteiger partial charge in [0.1, 0.15) is 11.5 Å². The topological polar surface area (TPSA) is 93.3 Å². The van der Waals surface area contributed by atoms with Crippen LogP contribution in [0.25, 0.3) is 0 Å². The number of anilines is 1. The lowest BCUT2D eigenvalue weighted by molar-refractivity contribution is 0.0600. The average molecular weight is 385 g/mol. The molecule has 8 heteroatoms. The standard InChI is InChI=1S/C20H27N5O3/c1-3-14-8-4-6-10-24(14)20(27)17-15-9-5-7-11-25(15)18(22-17)19(26)21-16-12-13(2)28-23-16/h12,14H,3-11H2,1-2H3,(H,21,23,26). The molecule has 4 heterocycles. The van der Waals surface area contributed by atoms with E-state index in [0.29, 0.717) is 23.8 Å². The van der Waals surface area contributed by atoms with E-state index in [2.05, 4.69) is 22.4 Å². The van der Waals surface area contributed by atoms with Gasteiger partial charge in [-0.2, -0.15) is 0 Å². The van der Waals surface area contributed by atoms with E-state index in [1.165, 1.54) is 0 Å². The maximum Gasteiger partial charge on any atom is 0.292 e. The Morgan fingerprint density at radius 1 is 1.25 bits per heavy atom. The highest BCUT2D eigenvalue weighted by Crippen LogP contribution is 2.26. The molecule has 4 rings (SSSR count). The first-order valence-electron chi connectivity index (χ1n) is 10.2. The van der Waals surface area contributed by atoms with E-state index in [-0.39, 0.29) is 23.7 Å². The lowest BCUT2D eigenvalue weighted by atomic mass is 9.99. The third-order valence-electron chi connectivity index (χ3n) is 5.75. The number of nitrogens with one attached hydrogen (secondary N) is 1. The molecule has 1 saturated heterocycles. The summed E-state index contributed by atoms with van der Waals surface area (Å²) in [4.78, 5) is 32.7. The van der Waals surface area contributed by atoms with Gasteiger partial charge in [-0.3, -0.25) is 9.59 Å². The summed E-state index contributed by atoms with van der Waals surface area (Å²) in [5.74, 6) is 0.858. The molecule has 2 aromatic rings. The average Bonchev–Trinajstić information content (AvgIpc) is 3.31. The summed E-state index contributed by atoms with van der Waals surface area (Å²) in [5.41, 5.74) is 1.33. The largest absolute Gasteiger partial charge is 0.360 e. The Morgan fingerprint density at radius 2 is 2.07 bits per heavy atom. The minimum absolute atomic E-state index is 0.0338. The second-order valence-electron chi connectivity index (χ2n) is 7.67. The minimum Gasteiger partial charge on any atom is -0.360 e. The van der Waals surface area contributed by atoms with E-state index in [0.717, 1.165) is 57.2 Å². The van der Waals surface area contributed by atoms with Crippen LogP contribution in [-0.2, 0) is 13.0 Å². The van der Waals surface area contributed by atoms with Crippen molar-refractivity contribution in [3.05, 3.63) is 29.0 Å². The van der Waals surface area contributed by atoms with Gasteiger partial charge in [0.05, 0.1) is 5.69 Å². The van der Waals surface area contributed by atoms with Crippen LogP contribution in [0.15, 0.2) is 10.6 Å². The zero-order valence-electron chi connectivity index (χ0n) is 16.5. The highest BCUT2D eigenvalue weighted by Gasteiger charge is 2.33. The molecule has 2 aliphatic heterocycles. The van der Waals surface area contributed by atoms with Gasteiger partial charge >= 0.3 is 0 Å². The summed E-state index contributed by atoms with van der Waals surface area (Å²) in [7, 11) is 0. The third kappa shape index (κ3) is 3.43. The predicted octanol–water partition coefficient (Wildman–Crippen LogP) is 3.17. The second-order valence-corrected chi connectivity index (χ2v) is 7.67. The van der Waals surface area contributed by atoms with Gasteiger partial charge < -0.3 is 19.3 Å². The number of nitrogens with zero attached hydrogens (tertiary/aromatic N) is 4. The van der Waals surface area contributed by atoms with Gasteiger partial charge in [0, 0.05) is 25.2 Å². The molecule has 0 radical (unpaired) electrons. The number of amides is 2. The van der Waals surface area contributed by atoms with Crippen LogP contribution >= 0.6 is 0 Å². The molecule has 1 unspecified atom stereocenters. The molecule has 0 aromatic carbocycles. The zero-order chi connectivity index (χ0) is 19.7. The van der Waals surface area contributed by atoms with Crippen molar-refractivity contribution in [1.82, 2.24) is 19.6 Å². The first-order valence-corrected chi connectivity index (χ1v) is 10.2. The molecule has 1 fully saturated rings. The van der Waals surface area contributed by atoms with E-state index in [1.807, 2.05) is 9.47 Å². The smallest absolute Gasteiger partial charge is 0.292 e. The lowest BCUT2D eigenvalue weighted by Crippen LogP contribution is -2.44. The van der Waals surface area contributed by atoms with Crippen LogP contribution in [0.1, 0.15) is 78.0 Å². The molecule has 150 valence electrons. The maximum absolute atomic E-state index is 13.3. The first kappa shape index (κ1) is 18.7. The number of likely N-dealkylation sites (tertiary alicyclic amines) is 1. The predicted molar refractivity (Wildman–Crippen MR) is 103 cm³/mol.